The highest BCUT2D eigenvalue weighted by Crippen LogP contribution is 2.29. The Morgan fingerprint density at radius 2 is 1.89 bits per heavy atom. The van der Waals surface area contributed by atoms with Crippen molar-refractivity contribution in [3.05, 3.63) is 29.3 Å². The summed E-state index contributed by atoms with van der Waals surface area (Å²) in [6, 6.07) is 3.36. The average molecular weight is 255 g/mol. The van der Waals surface area contributed by atoms with E-state index in [0.29, 0.717) is 24.2 Å². The van der Waals surface area contributed by atoms with Crippen molar-refractivity contribution in [3.63, 3.8) is 0 Å². The van der Waals surface area contributed by atoms with Gasteiger partial charge < -0.3 is 5.11 Å². The molecule has 0 amide bonds. The Labute approximate surface area is 106 Å². The molecule has 1 saturated heterocycles. The van der Waals surface area contributed by atoms with Crippen molar-refractivity contribution < 1.29 is 13.9 Å². The quantitative estimate of drug-likeness (QED) is 0.894. The minimum atomic E-state index is -0.889. The lowest BCUT2D eigenvalue weighted by Crippen LogP contribution is -2.33. The SMILES string of the molecule is CCC1CCC(C)N1Cc1cc(F)c(O)c(F)c1. The van der Waals surface area contributed by atoms with Gasteiger partial charge in [-0.25, -0.2) is 8.78 Å². The summed E-state index contributed by atoms with van der Waals surface area (Å²) in [7, 11) is 0. The Morgan fingerprint density at radius 3 is 2.44 bits per heavy atom. The molecule has 1 aromatic rings. The van der Waals surface area contributed by atoms with Crippen molar-refractivity contribution in [2.45, 2.75) is 51.7 Å². The van der Waals surface area contributed by atoms with Crippen LogP contribution in [0, 0.1) is 11.6 Å². The molecule has 0 radical (unpaired) electrons. The van der Waals surface area contributed by atoms with E-state index in [9.17, 15) is 8.78 Å². The smallest absolute Gasteiger partial charge is 0.187 e. The number of hydrogen-bond donors (Lipinski definition) is 1. The average Bonchev–Trinajstić information content (AvgIpc) is 2.67. The van der Waals surface area contributed by atoms with E-state index in [-0.39, 0.29) is 0 Å². The highest BCUT2D eigenvalue weighted by atomic mass is 19.1. The van der Waals surface area contributed by atoms with Crippen LogP contribution in [0.3, 0.4) is 0 Å². The van der Waals surface area contributed by atoms with Gasteiger partial charge in [-0.15, -0.1) is 0 Å². The van der Waals surface area contributed by atoms with Crippen LogP contribution in [0.1, 0.15) is 38.7 Å². The molecule has 0 bridgehead atoms. The first kappa shape index (κ1) is 13.3. The van der Waals surface area contributed by atoms with Gasteiger partial charge in [0.05, 0.1) is 0 Å². The Bertz CT molecular complexity index is 413. The Hall–Kier alpha value is -1.16. The molecule has 18 heavy (non-hydrogen) atoms. The maximum atomic E-state index is 13.3. The summed E-state index contributed by atoms with van der Waals surface area (Å²) in [5.74, 6) is -2.66. The fourth-order valence-corrected chi connectivity index (χ4v) is 2.77. The normalized spacial score (nSPS) is 24.7. The highest BCUT2D eigenvalue weighted by molar-refractivity contribution is 5.30. The zero-order valence-corrected chi connectivity index (χ0v) is 10.8. The molecule has 1 aliphatic heterocycles. The van der Waals surface area contributed by atoms with Crippen LogP contribution in [-0.4, -0.2) is 22.1 Å². The van der Waals surface area contributed by atoms with Crippen LogP contribution < -0.4 is 0 Å². The van der Waals surface area contributed by atoms with E-state index in [1.165, 1.54) is 12.1 Å². The van der Waals surface area contributed by atoms with Crippen molar-refractivity contribution in [2.24, 2.45) is 0 Å². The standard InChI is InChI=1S/C14H19F2NO/c1-3-11-5-4-9(2)17(11)8-10-6-12(15)14(18)13(16)7-10/h6-7,9,11,18H,3-5,8H2,1-2H3. The molecule has 1 aromatic carbocycles. The van der Waals surface area contributed by atoms with Crippen molar-refractivity contribution in [1.82, 2.24) is 4.90 Å². The fraction of sp³-hybridized carbons (Fsp3) is 0.571. The molecular formula is C14H19F2NO. The minimum Gasteiger partial charge on any atom is -0.503 e. The Balaban J connectivity index is 2.18. The molecule has 0 saturated carbocycles. The number of likely N-dealkylation sites (tertiary alicyclic amines) is 1. The Kier molecular flexibility index (Phi) is 3.85. The van der Waals surface area contributed by atoms with E-state index in [0.717, 1.165) is 19.3 Å². The van der Waals surface area contributed by atoms with Gasteiger partial charge >= 0.3 is 0 Å². The number of phenolic OH excluding ortho intramolecular Hbond substituents is 1. The summed E-state index contributed by atoms with van der Waals surface area (Å²) < 4.78 is 26.6. The summed E-state index contributed by atoms with van der Waals surface area (Å²) >= 11 is 0. The summed E-state index contributed by atoms with van der Waals surface area (Å²) in [6.45, 7) is 4.81. The van der Waals surface area contributed by atoms with Crippen LogP contribution in [0.25, 0.3) is 0 Å². The minimum absolute atomic E-state index is 0.440. The predicted octanol–water partition coefficient (Wildman–Crippen LogP) is 3.43. The van der Waals surface area contributed by atoms with Crippen LogP contribution in [0.2, 0.25) is 0 Å². The van der Waals surface area contributed by atoms with Gasteiger partial charge in [-0.05, 0) is 43.9 Å². The molecule has 1 heterocycles. The second-order valence-electron chi connectivity index (χ2n) is 5.07. The number of rotatable bonds is 3. The van der Waals surface area contributed by atoms with E-state index >= 15 is 0 Å². The fourth-order valence-electron chi connectivity index (χ4n) is 2.77. The summed E-state index contributed by atoms with van der Waals surface area (Å²) in [5.41, 5.74) is 0.579. The number of hydrogen-bond acceptors (Lipinski definition) is 2. The lowest BCUT2D eigenvalue weighted by atomic mass is 10.1. The third-order valence-electron chi connectivity index (χ3n) is 3.87. The van der Waals surface area contributed by atoms with E-state index in [2.05, 4.69) is 18.7 Å². The van der Waals surface area contributed by atoms with Crippen LogP contribution in [0.5, 0.6) is 5.75 Å². The van der Waals surface area contributed by atoms with Crippen LogP contribution in [0.15, 0.2) is 12.1 Å². The maximum absolute atomic E-state index is 13.3. The number of halogens is 2. The molecule has 1 fully saturated rings. The topological polar surface area (TPSA) is 23.5 Å². The molecule has 4 heteroatoms. The monoisotopic (exact) mass is 255 g/mol. The molecule has 2 nitrogen and oxygen atoms in total. The first-order valence-electron chi connectivity index (χ1n) is 6.45. The molecule has 1 aliphatic rings. The number of phenols is 1. The first-order valence-corrected chi connectivity index (χ1v) is 6.45. The summed E-state index contributed by atoms with van der Waals surface area (Å²) in [5, 5.41) is 9.08. The third kappa shape index (κ3) is 2.48. The van der Waals surface area contributed by atoms with Gasteiger partial charge in [-0.2, -0.15) is 0 Å². The molecule has 0 aromatic heterocycles. The summed E-state index contributed by atoms with van der Waals surface area (Å²) in [4.78, 5) is 2.28. The van der Waals surface area contributed by atoms with E-state index in [1.807, 2.05) is 0 Å². The second-order valence-corrected chi connectivity index (χ2v) is 5.07. The first-order chi connectivity index (χ1) is 8.52. The van der Waals surface area contributed by atoms with Crippen LogP contribution in [0.4, 0.5) is 8.78 Å². The van der Waals surface area contributed by atoms with Gasteiger partial charge in [-0.3, -0.25) is 4.90 Å². The van der Waals surface area contributed by atoms with Crippen LogP contribution >= 0.6 is 0 Å². The van der Waals surface area contributed by atoms with Gasteiger partial charge in [0, 0.05) is 18.6 Å². The number of benzene rings is 1. The predicted molar refractivity (Wildman–Crippen MR) is 66.3 cm³/mol. The van der Waals surface area contributed by atoms with Gasteiger partial charge in [0.15, 0.2) is 17.4 Å². The number of nitrogens with zero attached hydrogens (tertiary/aromatic N) is 1. The van der Waals surface area contributed by atoms with Gasteiger partial charge in [0.2, 0.25) is 0 Å². The molecule has 1 N–H and O–H groups in total. The van der Waals surface area contributed by atoms with Crippen molar-refractivity contribution in [1.29, 1.82) is 0 Å². The van der Waals surface area contributed by atoms with Crippen molar-refractivity contribution in [2.75, 3.05) is 0 Å². The van der Waals surface area contributed by atoms with Crippen molar-refractivity contribution >= 4 is 0 Å². The number of aromatic hydroxyl groups is 1. The van der Waals surface area contributed by atoms with Crippen molar-refractivity contribution in [3.8, 4) is 5.75 Å². The Morgan fingerprint density at radius 1 is 1.28 bits per heavy atom. The van der Waals surface area contributed by atoms with Gasteiger partial charge in [0.25, 0.3) is 0 Å². The zero-order chi connectivity index (χ0) is 13.3. The highest BCUT2D eigenvalue weighted by Gasteiger charge is 2.29. The second kappa shape index (κ2) is 5.22. The van der Waals surface area contributed by atoms with E-state index < -0.39 is 17.4 Å². The lowest BCUT2D eigenvalue weighted by molar-refractivity contribution is 0.189. The summed E-state index contributed by atoms with van der Waals surface area (Å²) in [6.07, 6.45) is 3.32. The zero-order valence-electron chi connectivity index (χ0n) is 10.8. The largest absolute Gasteiger partial charge is 0.503 e. The molecule has 2 unspecified atom stereocenters. The van der Waals surface area contributed by atoms with Gasteiger partial charge in [0.1, 0.15) is 0 Å². The lowest BCUT2D eigenvalue weighted by Gasteiger charge is -2.27. The van der Waals surface area contributed by atoms with E-state index in [1.54, 1.807) is 0 Å². The molecule has 0 aliphatic carbocycles. The molecule has 100 valence electrons. The third-order valence-corrected chi connectivity index (χ3v) is 3.87. The van der Waals surface area contributed by atoms with E-state index in [4.69, 9.17) is 5.11 Å². The molecule has 0 spiro atoms. The van der Waals surface area contributed by atoms with Crippen LogP contribution in [-0.2, 0) is 6.54 Å². The molecular weight excluding hydrogens is 236 g/mol. The maximum Gasteiger partial charge on any atom is 0.187 e. The molecule has 2 atom stereocenters. The van der Waals surface area contributed by atoms with Gasteiger partial charge in [-0.1, -0.05) is 6.92 Å². The molecule has 2 rings (SSSR count).